The lowest BCUT2D eigenvalue weighted by molar-refractivity contribution is -0.118. The van der Waals surface area contributed by atoms with Crippen molar-refractivity contribution in [2.75, 3.05) is 30.5 Å². The number of hydrogen-bond acceptors (Lipinski definition) is 5. The summed E-state index contributed by atoms with van der Waals surface area (Å²) in [5.41, 5.74) is 3.12. The molecule has 2 aromatic rings. The molecular weight excluding hydrogens is 382 g/mol. The van der Waals surface area contributed by atoms with E-state index >= 15 is 0 Å². The van der Waals surface area contributed by atoms with E-state index in [1.165, 1.54) is 0 Å². The van der Waals surface area contributed by atoms with E-state index in [1.54, 1.807) is 13.2 Å². The lowest BCUT2D eigenvalue weighted by Gasteiger charge is -2.41. The lowest BCUT2D eigenvalue weighted by atomic mass is 9.97. The molecule has 1 fully saturated rings. The third-order valence-electron chi connectivity index (χ3n) is 5.61. The maximum Gasteiger partial charge on any atom is 0.251 e. The van der Waals surface area contributed by atoms with Crippen molar-refractivity contribution < 1.29 is 19.1 Å². The molecule has 1 atom stereocenters. The SMILES string of the molecule is CCOc1cc(CNC(=O)c2ccc3c(c2)NC(=O)[C@H]2CCCCN32)ccc1OC. The van der Waals surface area contributed by atoms with Crippen LogP contribution in [0.1, 0.15) is 42.1 Å². The number of nitrogens with one attached hydrogen (secondary N) is 2. The number of piperidine rings is 1. The Hall–Kier alpha value is -3.22. The summed E-state index contributed by atoms with van der Waals surface area (Å²) in [7, 11) is 1.60. The van der Waals surface area contributed by atoms with Crippen LogP contribution in [0.3, 0.4) is 0 Å². The normalized spacial score (nSPS) is 17.5. The number of rotatable bonds is 6. The molecule has 2 heterocycles. The maximum absolute atomic E-state index is 12.7. The first kappa shape index (κ1) is 20.1. The summed E-state index contributed by atoms with van der Waals surface area (Å²) in [4.78, 5) is 27.3. The number of hydrogen-bond donors (Lipinski definition) is 2. The average Bonchev–Trinajstić information content (AvgIpc) is 2.77. The van der Waals surface area contributed by atoms with Gasteiger partial charge in [-0.3, -0.25) is 9.59 Å². The summed E-state index contributed by atoms with van der Waals surface area (Å²) in [5, 5.41) is 5.91. The van der Waals surface area contributed by atoms with Crippen LogP contribution in [-0.4, -0.2) is 38.1 Å². The van der Waals surface area contributed by atoms with Crippen LogP contribution < -0.4 is 25.0 Å². The summed E-state index contributed by atoms with van der Waals surface area (Å²) in [6.07, 6.45) is 3.02. The van der Waals surface area contributed by atoms with Crippen molar-refractivity contribution in [1.29, 1.82) is 0 Å². The molecule has 0 spiro atoms. The fourth-order valence-electron chi connectivity index (χ4n) is 4.12. The molecule has 2 N–H and O–H groups in total. The Kier molecular flexibility index (Phi) is 5.79. The van der Waals surface area contributed by atoms with Crippen LogP contribution in [-0.2, 0) is 11.3 Å². The smallest absolute Gasteiger partial charge is 0.251 e. The fraction of sp³-hybridized carbons (Fsp3) is 0.391. The Bertz CT molecular complexity index is 959. The summed E-state index contributed by atoms with van der Waals surface area (Å²) in [6.45, 7) is 3.68. The molecular formula is C23H27N3O4. The zero-order valence-electron chi connectivity index (χ0n) is 17.4. The van der Waals surface area contributed by atoms with Gasteiger partial charge in [0.2, 0.25) is 5.91 Å². The van der Waals surface area contributed by atoms with Crippen molar-refractivity contribution >= 4 is 23.2 Å². The molecule has 2 aliphatic rings. The number of anilines is 2. The van der Waals surface area contributed by atoms with Crippen molar-refractivity contribution in [2.45, 2.75) is 38.8 Å². The fourth-order valence-corrected chi connectivity index (χ4v) is 4.12. The summed E-state index contributed by atoms with van der Waals surface area (Å²) < 4.78 is 10.9. The van der Waals surface area contributed by atoms with Crippen LogP contribution >= 0.6 is 0 Å². The molecule has 1 saturated heterocycles. The van der Waals surface area contributed by atoms with Crippen LogP contribution in [0.15, 0.2) is 36.4 Å². The quantitative estimate of drug-likeness (QED) is 0.765. The Morgan fingerprint density at radius 1 is 1.20 bits per heavy atom. The number of fused-ring (bicyclic) bond motifs is 3. The van der Waals surface area contributed by atoms with Gasteiger partial charge in [-0.15, -0.1) is 0 Å². The van der Waals surface area contributed by atoms with Crippen LogP contribution in [0.5, 0.6) is 11.5 Å². The highest BCUT2D eigenvalue weighted by Crippen LogP contribution is 2.36. The second kappa shape index (κ2) is 8.65. The lowest BCUT2D eigenvalue weighted by Crippen LogP contribution is -2.50. The Labute approximate surface area is 176 Å². The predicted octanol–water partition coefficient (Wildman–Crippen LogP) is 3.33. The highest BCUT2D eigenvalue weighted by molar-refractivity contribution is 6.05. The van der Waals surface area contributed by atoms with Crippen LogP contribution in [0, 0.1) is 0 Å². The maximum atomic E-state index is 12.7. The molecule has 0 aromatic heterocycles. The largest absolute Gasteiger partial charge is 0.493 e. The zero-order valence-corrected chi connectivity index (χ0v) is 17.4. The molecule has 2 aromatic carbocycles. The predicted molar refractivity (Wildman–Crippen MR) is 115 cm³/mol. The molecule has 4 rings (SSSR count). The van der Waals surface area contributed by atoms with Gasteiger partial charge < -0.3 is 25.0 Å². The highest BCUT2D eigenvalue weighted by Gasteiger charge is 2.34. The van der Waals surface area contributed by atoms with Gasteiger partial charge in [0.15, 0.2) is 11.5 Å². The number of ether oxygens (including phenoxy) is 2. The Morgan fingerprint density at radius 2 is 2.07 bits per heavy atom. The number of carbonyl (C=O) groups excluding carboxylic acids is 2. The molecule has 2 amide bonds. The highest BCUT2D eigenvalue weighted by atomic mass is 16.5. The van der Waals surface area contributed by atoms with Gasteiger partial charge >= 0.3 is 0 Å². The molecule has 0 unspecified atom stereocenters. The van der Waals surface area contributed by atoms with Crippen LogP contribution in [0.4, 0.5) is 11.4 Å². The summed E-state index contributed by atoms with van der Waals surface area (Å²) in [6, 6.07) is 11.0. The van der Waals surface area contributed by atoms with E-state index in [4.69, 9.17) is 9.47 Å². The van der Waals surface area contributed by atoms with Gasteiger partial charge in [-0.1, -0.05) is 6.07 Å². The third kappa shape index (κ3) is 3.92. The van der Waals surface area contributed by atoms with E-state index in [-0.39, 0.29) is 17.9 Å². The van der Waals surface area contributed by atoms with E-state index < -0.39 is 0 Å². The minimum absolute atomic E-state index is 0.0152. The van der Waals surface area contributed by atoms with Gasteiger partial charge in [0.1, 0.15) is 6.04 Å². The molecule has 0 saturated carbocycles. The summed E-state index contributed by atoms with van der Waals surface area (Å²) >= 11 is 0. The first-order chi connectivity index (χ1) is 14.6. The van der Waals surface area contributed by atoms with Crippen molar-refractivity contribution in [3.8, 4) is 11.5 Å². The zero-order chi connectivity index (χ0) is 21.1. The number of methoxy groups -OCH3 is 1. The van der Waals surface area contributed by atoms with Crippen molar-refractivity contribution in [3.05, 3.63) is 47.5 Å². The van der Waals surface area contributed by atoms with Gasteiger partial charge in [-0.2, -0.15) is 0 Å². The first-order valence-electron chi connectivity index (χ1n) is 10.4. The van der Waals surface area contributed by atoms with Crippen LogP contribution in [0.2, 0.25) is 0 Å². The van der Waals surface area contributed by atoms with Gasteiger partial charge in [0, 0.05) is 18.7 Å². The molecule has 2 aliphatic heterocycles. The topological polar surface area (TPSA) is 79.9 Å². The molecule has 30 heavy (non-hydrogen) atoms. The minimum Gasteiger partial charge on any atom is -0.493 e. The minimum atomic E-state index is -0.193. The van der Waals surface area contributed by atoms with Crippen LogP contribution in [0.25, 0.3) is 0 Å². The Morgan fingerprint density at radius 3 is 2.87 bits per heavy atom. The van der Waals surface area contributed by atoms with E-state index in [9.17, 15) is 9.59 Å². The average molecular weight is 409 g/mol. The third-order valence-corrected chi connectivity index (χ3v) is 5.61. The second-order valence-electron chi connectivity index (χ2n) is 7.53. The monoisotopic (exact) mass is 409 g/mol. The van der Waals surface area contributed by atoms with Crippen molar-refractivity contribution in [1.82, 2.24) is 5.32 Å². The first-order valence-corrected chi connectivity index (χ1v) is 10.4. The van der Waals surface area contributed by atoms with Gasteiger partial charge in [-0.05, 0) is 62.1 Å². The van der Waals surface area contributed by atoms with E-state index in [0.717, 1.165) is 37.1 Å². The van der Waals surface area contributed by atoms with Gasteiger partial charge in [0.25, 0.3) is 5.91 Å². The number of carbonyl (C=O) groups is 2. The number of nitrogens with zero attached hydrogens (tertiary/aromatic N) is 1. The molecule has 7 heteroatoms. The van der Waals surface area contributed by atoms with E-state index in [1.807, 2.05) is 37.3 Å². The van der Waals surface area contributed by atoms with Crippen molar-refractivity contribution in [3.63, 3.8) is 0 Å². The molecule has 158 valence electrons. The van der Waals surface area contributed by atoms with Crippen molar-refractivity contribution in [2.24, 2.45) is 0 Å². The summed E-state index contributed by atoms with van der Waals surface area (Å²) in [5.74, 6) is 1.13. The molecule has 7 nitrogen and oxygen atoms in total. The van der Waals surface area contributed by atoms with Gasteiger partial charge in [0.05, 0.1) is 25.1 Å². The second-order valence-corrected chi connectivity index (χ2v) is 7.53. The Balaban J connectivity index is 1.47. The van der Waals surface area contributed by atoms with E-state index in [2.05, 4.69) is 15.5 Å². The number of benzene rings is 2. The van der Waals surface area contributed by atoms with Gasteiger partial charge in [-0.25, -0.2) is 0 Å². The number of amides is 2. The standard InChI is InChI=1S/C23H27N3O4/c1-3-30-21-12-15(7-10-20(21)29-2)14-24-22(27)16-8-9-18-17(13-16)25-23(28)19-6-4-5-11-26(18)19/h7-10,12-13,19H,3-6,11,14H2,1-2H3,(H,24,27)(H,25,28)/t19-/m1/s1. The van der Waals surface area contributed by atoms with E-state index in [0.29, 0.717) is 35.9 Å². The molecule has 0 radical (unpaired) electrons. The molecule has 0 bridgehead atoms. The molecule has 0 aliphatic carbocycles.